The van der Waals surface area contributed by atoms with Gasteiger partial charge in [0.2, 0.25) is 11.8 Å². The molecule has 1 N–H and O–H groups in total. The van der Waals surface area contributed by atoms with Crippen molar-refractivity contribution in [1.29, 1.82) is 0 Å². The maximum absolute atomic E-state index is 14.3. The van der Waals surface area contributed by atoms with Crippen LogP contribution in [0.4, 0.5) is 5.69 Å². The van der Waals surface area contributed by atoms with Crippen LogP contribution in [0.25, 0.3) is 0 Å². The molecule has 42 heavy (non-hydrogen) atoms. The topological polar surface area (TPSA) is 86.8 Å². The number of carbonyl (C=O) groups excluding carboxylic acids is 2. The summed E-state index contributed by atoms with van der Waals surface area (Å²) in [6.07, 6.45) is 0.207. The molecule has 0 radical (unpaired) electrons. The van der Waals surface area contributed by atoms with Gasteiger partial charge in [0.1, 0.15) is 12.6 Å². The van der Waals surface area contributed by atoms with E-state index in [0.717, 1.165) is 9.87 Å². The molecule has 0 heterocycles. The molecule has 0 aliphatic carbocycles. The third-order valence-electron chi connectivity index (χ3n) is 6.93. The van der Waals surface area contributed by atoms with Gasteiger partial charge in [-0.25, -0.2) is 8.42 Å². The summed E-state index contributed by atoms with van der Waals surface area (Å²) in [5.74, 6) is -0.978. The smallest absolute Gasteiger partial charge is 0.264 e. The number of nitrogens with one attached hydrogen (secondary N) is 1. The monoisotopic (exact) mass is 623 g/mol. The summed E-state index contributed by atoms with van der Waals surface area (Å²) in [6.45, 7) is 1.10. The van der Waals surface area contributed by atoms with Crippen LogP contribution in [0.1, 0.15) is 16.7 Å². The van der Waals surface area contributed by atoms with Crippen molar-refractivity contribution < 1.29 is 18.0 Å². The molecule has 0 unspecified atom stereocenters. The third kappa shape index (κ3) is 7.13. The summed E-state index contributed by atoms with van der Waals surface area (Å²) >= 11 is 12.9. The minimum Gasteiger partial charge on any atom is -0.357 e. The van der Waals surface area contributed by atoms with Crippen LogP contribution >= 0.6 is 23.2 Å². The molecule has 1 atom stereocenters. The van der Waals surface area contributed by atoms with Gasteiger partial charge in [-0.15, -0.1) is 0 Å². The van der Waals surface area contributed by atoms with Crippen LogP contribution in [-0.4, -0.2) is 44.8 Å². The minimum atomic E-state index is -4.21. The number of hydrogen-bond donors (Lipinski definition) is 1. The van der Waals surface area contributed by atoms with E-state index in [1.54, 1.807) is 67.6 Å². The van der Waals surface area contributed by atoms with Gasteiger partial charge < -0.3 is 10.2 Å². The van der Waals surface area contributed by atoms with E-state index in [1.165, 1.54) is 24.1 Å². The maximum atomic E-state index is 14.3. The summed E-state index contributed by atoms with van der Waals surface area (Å²) in [5.41, 5.74) is 2.21. The molecule has 10 heteroatoms. The van der Waals surface area contributed by atoms with Crippen LogP contribution < -0.4 is 9.62 Å². The van der Waals surface area contributed by atoms with Crippen LogP contribution in [-0.2, 0) is 32.6 Å². The fourth-order valence-electron chi connectivity index (χ4n) is 4.63. The Labute approximate surface area is 256 Å². The van der Waals surface area contributed by atoms with E-state index in [0.29, 0.717) is 21.2 Å². The van der Waals surface area contributed by atoms with Gasteiger partial charge in [0.25, 0.3) is 10.0 Å². The number of rotatable bonds is 11. The molecule has 0 fully saturated rings. The van der Waals surface area contributed by atoms with Crippen molar-refractivity contribution in [3.05, 3.63) is 130 Å². The molecule has 4 rings (SSSR count). The standard InChI is InChI=1S/C32H31Cl2N3O4S/c1-23-27(33)18-11-19-29(23)37(42(40,41)26-15-7-4-8-16-26)22-31(38)36(21-25-14-9-10-17-28(25)34)30(32(39)35-2)20-24-12-5-3-6-13-24/h3-19,30H,20-22H2,1-2H3,(H,35,39)/t30-/m1/s1. The summed E-state index contributed by atoms with van der Waals surface area (Å²) in [6, 6.07) is 28.2. The average molecular weight is 625 g/mol. The van der Waals surface area contributed by atoms with Crippen LogP contribution in [0, 0.1) is 6.92 Å². The molecule has 0 bridgehead atoms. The predicted molar refractivity (Wildman–Crippen MR) is 167 cm³/mol. The lowest BCUT2D eigenvalue weighted by Crippen LogP contribution is -2.53. The second kappa shape index (κ2) is 13.9. The number of likely N-dealkylation sites (N-methyl/N-ethyl adjacent to an activating group) is 1. The molecule has 2 amide bonds. The van der Waals surface area contributed by atoms with E-state index < -0.39 is 34.4 Å². The first-order chi connectivity index (χ1) is 20.1. The Morgan fingerprint density at radius 2 is 1.40 bits per heavy atom. The number of carbonyl (C=O) groups is 2. The van der Waals surface area contributed by atoms with Crippen molar-refractivity contribution in [2.75, 3.05) is 17.9 Å². The number of hydrogen-bond acceptors (Lipinski definition) is 4. The van der Waals surface area contributed by atoms with Crippen LogP contribution in [0.2, 0.25) is 10.0 Å². The Balaban J connectivity index is 1.82. The summed E-state index contributed by atoms with van der Waals surface area (Å²) in [7, 11) is -2.71. The normalized spacial score (nSPS) is 11.9. The Kier molecular flexibility index (Phi) is 10.3. The molecule has 4 aromatic rings. The van der Waals surface area contributed by atoms with Gasteiger partial charge in [-0.3, -0.25) is 13.9 Å². The van der Waals surface area contributed by atoms with E-state index >= 15 is 0 Å². The highest BCUT2D eigenvalue weighted by Crippen LogP contribution is 2.31. The molecule has 218 valence electrons. The number of amides is 2. The number of anilines is 1. The highest BCUT2D eigenvalue weighted by atomic mass is 35.5. The molecular formula is C32H31Cl2N3O4S. The Hall–Kier alpha value is -3.85. The molecule has 0 spiro atoms. The number of sulfonamides is 1. The van der Waals surface area contributed by atoms with Gasteiger partial charge in [0, 0.05) is 30.1 Å². The zero-order valence-electron chi connectivity index (χ0n) is 23.2. The van der Waals surface area contributed by atoms with Crippen molar-refractivity contribution >= 4 is 50.7 Å². The van der Waals surface area contributed by atoms with Gasteiger partial charge in [0.15, 0.2) is 0 Å². The van der Waals surface area contributed by atoms with Gasteiger partial charge >= 0.3 is 0 Å². The first-order valence-electron chi connectivity index (χ1n) is 13.2. The van der Waals surface area contributed by atoms with Crippen molar-refractivity contribution in [2.45, 2.75) is 30.8 Å². The van der Waals surface area contributed by atoms with E-state index in [2.05, 4.69) is 5.32 Å². The van der Waals surface area contributed by atoms with E-state index in [1.807, 2.05) is 30.3 Å². The third-order valence-corrected chi connectivity index (χ3v) is 9.49. The molecular weight excluding hydrogens is 593 g/mol. The predicted octanol–water partition coefficient (Wildman–Crippen LogP) is 5.88. The first-order valence-corrected chi connectivity index (χ1v) is 15.4. The lowest BCUT2D eigenvalue weighted by atomic mass is 10.0. The molecule has 4 aromatic carbocycles. The van der Waals surface area contributed by atoms with Gasteiger partial charge in [-0.05, 0) is 53.9 Å². The van der Waals surface area contributed by atoms with Crippen LogP contribution in [0.15, 0.2) is 108 Å². The molecule has 0 saturated carbocycles. The molecule has 7 nitrogen and oxygen atoms in total. The van der Waals surface area contributed by atoms with Crippen molar-refractivity contribution in [3.8, 4) is 0 Å². The highest BCUT2D eigenvalue weighted by Gasteiger charge is 2.35. The zero-order valence-corrected chi connectivity index (χ0v) is 25.5. The molecule has 0 aromatic heterocycles. The average Bonchev–Trinajstić information content (AvgIpc) is 3.00. The molecule has 0 aliphatic heterocycles. The number of nitrogens with zero attached hydrogens (tertiary/aromatic N) is 2. The van der Waals surface area contributed by atoms with Crippen molar-refractivity contribution in [2.24, 2.45) is 0 Å². The Morgan fingerprint density at radius 3 is 2.05 bits per heavy atom. The zero-order chi connectivity index (χ0) is 30.3. The number of benzene rings is 4. The lowest BCUT2D eigenvalue weighted by Gasteiger charge is -2.34. The summed E-state index contributed by atoms with van der Waals surface area (Å²) in [4.78, 5) is 29.1. The van der Waals surface area contributed by atoms with Gasteiger partial charge in [-0.2, -0.15) is 0 Å². The van der Waals surface area contributed by atoms with Crippen molar-refractivity contribution in [1.82, 2.24) is 10.2 Å². The number of halogens is 2. The maximum Gasteiger partial charge on any atom is 0.264 e. The highest BCUT2D eigenvalue weighted by molar-refractivity contribution is 7.92. The Morgan fingerprint density at radius 1 is 0.810 bits per heavy atom. The molecule has 0 saturated heterocycles. The van der Waals surface area contributed by atoms with Crippen LogP contribution in [0.3, 0.4) is 0 Å². The van der Waals surface area contributed by atoms with Crippen molar-refractivity contribution in [3.63, 3.8) is 0 Å². The molecule has 0 aliphatic rings. The lowest BCUT2D eigenvalue weighted by molar-refractivity contribution is -0.139. The van der Waals surface area contributed by atoms with Crippen LogP contribution in [0.5, 0.6) is 0 Å². The van der Waals surface area contributed by atoms with E-state index in [4.69, 9.17) is 23.2 Å². The van der Waals surface area contributed by atoms with Gasteiger partial charge in [0.05, 0.1) is 10.6 Å². The van der Waals surface area contributed by atoms with E-state index in [9.17, 15) is 18.0 Å². The Bertz CT molecular complexity index is 1650. The quantitative estimate of drug-likeness (QED) is 0.226. The van der Waals surface area contributed by atoms with Gasteiger partial charge in [-0.1, -0.05) is 96.0 Å². The second-order valence-corrected chi connectivity index (χ2v) is 12.3. The first kappa shape index (κ1) is 31.1. The van der Waals surface area contributed by atoms with E-state index in [-0.39, 0.29) is 23.5 Å². The SMILES string of the molecule is CNC(=O)[C@@H](Cc1ccccc1)N(Cc1ccccc1Cl)C(=O)CN(c1cccc(Cl)c1C)S(=O)(=O)c1ccccc1. The second-order valence-electron chi connectivity index (χ2n) is 9.64. The summed E-state index contributed by atoms with van der Waals surface area (Å²) in [5, 5.41) is 3.44. The summed E-state index contributed by atoms with van der Waals surface area (Å²) < 4.78 is 29.1. The largest absolute Gasteiger partial charge is 0.357 e. The fraction of sp³-hybridized carbons (Fsp3) is 0.188. The fourth-order valence-corrected chi connectivity index (χ4v) is 6.49. The minimum absolute atomic E-state index is 0.0157.